The molecule has 1 N–H and O–H groups in total. The molecule has 2 aromatic rings. The predicted octanol–water partition coefficient (Wildman–Crippen LogP) is 2.55. The van der Waals surface area contributed by atoms with Gasteiger partial charge >= 0.3 is 0 Å². The fourth-order valence-electron chi connectivity index (χ4n) is 2.78. The van der Waals surface area contributed by atoms with Crippen LogP contribution in [0.2, 0.25) is 0 Å². The minimum Gasteiger partial charge on any atom is -0.502 e. The van der Waals surface area contributed by atoms with Gasteiger partial charge in [0.05, 0.1) is 12.4 Å². The van der Waals surface area contributed by atoms with Crippen molar-refractivity contribution in [2.75, 3.05) is 31.1 Å². The van der Waals surface area contributed by atoms with Crippen LogP contribution in [0.25, 0.3) is 0 Å². The van der Waals surface area contributed by atoms with E-state index in [2.05, 4.69) is 9.80 Å². The van der Waals surface area contributed by atoms with Crippen LogP contribution in [0.15, 0.2) is 39.5 Å². The van der Waals surface area contributed by atoms with Crippen LogP contribution in [-0.2, 0) is 12.4 Å². The molecule has 0 aliphatic carbocycles. The Kier molecular flexibility index (Phi) is 5.06. The second kappa shape index (κ2) is 7.23. The van der Waals surface area contributed by atoms with Gasteiger partial charge < -0.3 is 14.4 Å². The van der Waals surface area contributed by atoms with Crippen molar-refractivity contribution in [3.05, 3.63) is 57.9 Å². The highest BCUT2D eigenvalue weighted by Crippen LogP contribution is 2.20. The molecule has 1 aromatic heterocycles. The second-order valence-corrected chi connectivity index (χ2v) is 5.99. The van der Waals surface area contributed by atoms with E-state index in [0.29, 0.717) is 12.3 Å². The summed E-state index contributed by atoms with van der Waals surface area (Å²) in [7, 11) is 0. The molecule has 1 saturated heterocycles. The third kappa shape index (κ3) is 3.71. The summed E-state index contributed by atoms with van der Waals surface area (Å²) >= 11 is 5.70. The van der Waals surface area contributed by atoms with Gasteiger partial charge in [-0.2, -0.15) is 0 Å². The van der Waals surface area contributed by atoms with Crippen molar-refractivity contribution in [2.24, 2.45) is 0 Å². The topological polar surface area (TPSA) is 56.9 Å². The first-order chi connectivity index (χ1) is 11.6. The number of halogens is 2. The first-order valence-corrected chi connectivity index (χ1v) is 8.24. The van der Waals surface area contributed by atoms with Crippen LogP contribution in [0, 0.1) is 5.82 Å². The predicted molar refractivity (Wildman–Crippen MR) is 90.1 cm³/mol. The van der Waals surface area contributed by atoms with Crippen LogP contribution in [0.4, 0.5) is 10.1 Å². The lowest BCUT2D eigenvalue weighted by Gasteiger charge is -2.35. The highest BCUT2D eigenvalue weighted by Gasteiger charge is 2.20. The SMILES string of the molecule is O=c1cc(CCl)oc(CN2CCN(c3ccc(F)cc3)CC2)c1O. The zero-order valence-corrected chi connectivity index (χ0v) is 13.8. The summed E-state index contributed by atoms with van der Waals surface area (Å²) in [6.07, 6.45) is 0. The molecule has 0 radical (unpaired) electrons. The van der Waals surface area contributed by atoms with E-state index in [1.54, 1.807) is 12.1 Å². The normalized spacial score (nSPS) is 15.7. The van der Waals surface area contributed by atoms with Crippen LogP contribution in [0.3, 0.4) is 0 Å². The number of piperazine rings is 1. The Morgan fingerprint density at radius 2 is 1.83 bits per heavy atom. The molecular formula is C17H18ClFN2O3. The average molecular weight is 353 g/mol. The minimum atomic E-state index is -0.475. The molecule has 7 heteroatoms. The molecule has 1 fully saturated rings. The Morgan fingerprint density at radius 1 is 1.17 bits per heavy atom. The van der Waals surface area contributed by atoms with Crippen LogP contribution < -0.4 is 10.3 Å². The van der Waals surface area contributed by atoms with E-state index >= 15 is 0 Å². The lowest BCUT2D eigenvalue weighted by Crippen LogP contribution is -2.46. The summed E-state index contributed by atoms with van der Waals surface area (Å²) in [5.74, 6) is 0.0700. The van der Waals surface area contributed by atoms with Gasteiger partial charge in [-0.05, 0) is 24.3 Å². The van der Waals surface area contributed by atoms with Crippen LogP contribution >= 0.6 is 11.6 Å². The van der Waals surface area contributed by atoms with E-state index in [1.807, 2.05) is 0 Å². The maximum Gasteiger partial charge on any atom is 0.227 e. The third-order valence-electron chi connectivity index (χ3n) is 4.11. The molecule has 0 unspecified atom stereocenters. The highest BCUT2D eigenvalue weighted by atomic mass is 35.5. The number of hydrogen-bond acceptors (Lipinski definition) is 5. The fourth-order valence-corrected chi connectivity index (χ4v) is 2.91. The molecule has 2 heterocycles. The van der Waals surface area contributed by atoms with E-state index < -0.39 is 5.43 Å². The van der Waals surface area contributed by atoms with Crippen molar-refractivity contribution in [2.45, 2.75) is 12.4 Å². The van der Waals surface area contributed by atoms with Crippen molar-refractivity contribution in [3.8, 4) is 5.75 Å². The Morgan fingerprint density at radius 3 is 2.46 bits per heavy atom. The van der Waals surface area contributed by atoms with Gasteiger partial charge in [0.15, 0.2) is 5.76 Å². The zero-order chi connectivity index (χ0) is 17.1. The third-order valence-corrected chi connectivity index (χ3v) is 4.37. The molecule has 0 atom stereocenters. The Bertz CT molecular complexity index is 755. The van der Waals surface area contributed by atoms with E-state index in [9.17, 15) is 14.3 Å². The molecule has 3 rings (SSSR count). The monoisotopic (exact) mass is 352 g/mol. The number of benzene rings is 1. The summed E-state index contributed by atoms with van der Waals surface area (Å²) in [4.78, 5) is 16.0. The quantitative estimate of drug-likeness (QED) is 0.857. The van der Waals surface area contributed by atoms with E-state index in [1.165, 1.54) is 18.2 Å². The number of hydrogen-bond donors (Lipinski definition) is 1. The second-order valence-electron chi connectivity index (χ2n) is 5.72. The van der Waals surface area contributed by atoms with Gasteiger partial charge in [-0.15, -0.1) is 11.6 Å². The fraction of sp³-hybridized carbons (Fsp3) is 0.353. The zero-order valence-electron chi connectivity index (χ0n) is 13.0. The number of anilines is 1. The molecule has 24 heavy (non-hydrogen) atoms. The van der Waals surface area contributed by atoms with Gasteiger partial charge in [-0.25, -0.2) is 4.39 Å². The standard InChI is InChI=1S/C17H18ClFN2O3/c18-10-14-9-15(22)17(23)16(24-14)11-20-5-7-21(8-6-20)13-3-1-12(19)2-4-13/h1-4,9,23H,5-8,10-11H2. The van der Waals surface area contributed by atoms with Crippen molar-refractivity contribution in [1.82, 2.24) is 4.90 Å². The molecule has 0 bridgehead atoms. The highest BCUT2D eigenvalue weighted by molar-refractivity contribution is 6.16. The number of aromatic hydroxyl groups is 1. The summed E-state index contributed by atoms with van der Waals surface area (Å²) in [6.45, 7) is 3.37. The smallest absolute Gasteiger partial charge is 0.227 e. The van der Waals surface area contributed by atoms with Crippen molar-refractivity contribution >= 4 is 17.3 Å². The van der Waals surface area contributed by atoms with Gasteiger partial charge in [0, 0.05) is 37.9 Å². The van der Waals surface area contributed by atoms with Gasteiger partial charge in [-0.3, -0.25) is 9.69 Å². The molecule has 128 valence electrons. The van der Waals surface area contributed by atoms with Gasteiger partial charge in [0.25, 0.3) is 0 Å². The van der Waals surface area contributed by atoms with E-state index in [0.717, 1.165) is 31.9 Å². The molecule has 5 nitrogen and oxygen atoms in total. The Balaban J connectivity index is 1.64. The molecule has 1 aliphatic rings. The van der Waals surface area contributed by atoms with Crippen LogP contribution in [0.5, 0.6) is 5.75 Å². The number of nitrogens with zero attached hydrogens (tertiary/aromatic N) is 2. The van der Waals surface area contributed by atoms with E-state index in [4.69, 9.17) is 16.0 Å². The molecule has 0 saturated carbocycles. The maximum atomic E-state index is 13.0. The van der Waals surface area contributed by atoms with Crippen LogP contribution in [0.1, 0.15) is 11.5 Å². The van der Waals surface area contributed by atoms with Gasteiger partial charge in [0.1, 0.15) is 11.6 Å². The summed E-state index contributed by atoms with van der Waals surface area (Å²) in [5.41, 5.74) is 0.506. The lowest BCUT2D eigenvalue weighted by atomic mass is 10.2. The molecular weight excluding hydrogens is 335 g/mol. The van der Waals surface area contributed by atoms with Crippen molar-refractivity contribution in [3.63, 3.8) is 0 Å². The van der Waals surface area contributed by atoms with Crippen LogP contribution in [-0.4, -0.2) is 36.2 Å². The largest absolute Gasteiger partial charge is 0.502 e. The summed E-state index contributed by atoms with van der Waals surface area (Å²) < 4.78 is 18.5. The van der Waals surface area contributed by atoms with Crippen molar-refractivity contribution < 1.29 is 13.9 Å². The lowest BCUT2D eigenvalue weighted by molar-refractivity contribution is 0.220. The molecule has 1 aliphatic heterocycles. The van der Waals surface area contributed by atoms with Crippen molar-refractivity contribution in [1.29, 1.82) is 0 Å². The Hall–Kier alpha value is -2.05. The van der Waals surface area contributed by atoms with Gasteiger partial charge in [0.2, 0.25) is 11.2 Å². The molecule has 0 amide bonds. The summed E-state index contributed by atoms with van der Waals surface area (Å²) in [5, 5.41) is 9.88. The summed E-state index contributed by atoms with van der Waals surface area (Å²) in [6, 6.07) is 7.63. The first kappa shape index (κ1) is 16.8. The maximum absolute atomic E-state index is 13.0. The molecule has 1 aromatic carbocycles. The number of alkyl halides is 1. The minimum absolute atomic E-state index is 0.0842. The average Bonchev–Trinajstić information content (AvgIpc) is 2.60. The first-order valence-electron chi connectivity index (χ1n) is 7.70. The molecule has 0 spiro atoms. The Labute approximate surface area is 143 Å². The van der Waals surface area contributed by atoms with E-state index in [-0.39, 0.29) is 23.2 Å². The number of rotatable bonds is 4. The van der Waals surface area contributed by atoms with Gasteiger partial charge in [-0.1, -0.05) is 0 Å².